The molecule has 0 fully saturated rings. The van der Waals surface area contributed by atoms with Crippen LogP contribution in [0.5, 0.6) is 0 Å². The van der Waals surface area contributed by atoms with Crippen LogP contribution in [0.4, 0.5) is 10.1 Å². The maximum atomic E-state index is 13.3. The zero-order chi connectivity index (χ0) is 19.8. The van der Waals surface area contributed by atoms with Crippen molar-refractivity contribution in [1.29, 1.82) is 0 Å². The summed E-state index contributed by atoms with van der Waals surface area (Å²) in [5.41, 5.74) is 4.70. The number of nitrogens with one attached hydrogen (secondary N) is 1. The lowest BCUT2D eigenvalue weighted by atomic mass is 10.1. The second-order valence-corrected chi connectivity index (χ2v) is 6.86. The topological polar surface area (TPSA) is 59.3 Å². The van der Waals surface area contributed by atoms with E-state index in [1.54, 1.807) is 40.9 Å². The maximum absolute atomic E-state index is 13.3. The number of nitrogens with zero attached hydrogens (tertiary/aromatic N) is 3. The molecule has 0 saturated carbocycles. The Hall–Kier alpha value is -3.25. The smallest absolute Gasteiger partial charge is 0.259 e. The highest BCUT2D eigenvalue weighted by Gasteiger charge is 2.19. The van der Waals surface area contributed by atoms with Gasteiger partial charge in [0.1, 0.15) is 5.82 Å². The third kappa shape index (κ3) is 3.23. The molecule has 0 atom stereocenters. The summed E-state index contributed by atoms with van der Waals surface area (Å²) < 4.78 is 14.9. The molecule has 2 aromatic heterocycles. The predicted molar refractivity (Wildman–Crippen MR) is 107 cm³/mol. The molecule has 0 radical (unpaired) electrons. The monoisotopic (exact) mass is 394 g/mol. The Morgan fingerprint density at radius 3 is 2.43 bits per heavy atom. The number of fused-ring (bicyclic) bond motifs is 1. The minimum atomic E-state index is -0.303. The van der Waals surface area contributed by atoms with Gasteiger partial charge in [0.15, 0.2) is 5.65 Å². The number of rotatable bonds is 3. The second-order valence-electron chi connectivity index (χ2n) is 6.42. The summed E-state index contributed by atoms with van der Waals surface area (Å²) in [6.07, 6.45) is 1.53. The first kappa shape index (κ1) is 18.1. The van der Waals surface area contributed by atoms with Gasteiger partial charge < -0.3 is 5.32 Å². The van der Waals surface area contributed by atoms with Crippen LogP contribution in [0, 0.1) is 19.7 Å². The Morgan fingerprint density at radius 1 is 1.07 bits per heavy atom. The molecule has 2 heterocycles. The Bertz CT molecular complexity index is 1180. The normalized spacial score (nSPS) is 11.0. The molecule has 0 unspecified atom stereocenters. The van der Waals surface area contributed by atoms with Gasteiger partial charge >= 0.3 is 0 Å². The molecule has 1 N–H and O–H groups in total. The van der Waals surface area contributed by atoms with Gasteiger partial charge in [-0.2, -0.15) is 5.10 Å². The number of anilines is 1. The zero-order valence-corrected chi connectivity index (χ0v) is 16.0. The molecule has 140 valence electrons. The van der Waals surface area contributed by atoms with Crippen molar-refractivity contribution in [3.63, 3.8) is 0 Å². The highest BCUT2D eigenvalue weighted by atomic mass is 35.5. The Balaban J connectivity index is 1.74. The maximum Gasteiger partial charge on any atom is 0.259 e. The van der Waals surface area contributed by atoms with Gasteiger partial charge in [-0.15, -0.1) is 0 Å². The summed E-state index contributed by atoms with van der Waals surface area (Å²) in [5, 5.41) is 7.96. The quantitative estimate of drug-likeness (QED) is 0.528. The molecule has 1 amide bonds. The predicted octanol–water partition coefficient (Wildman–Crippen LogP) is 5.06. The molecular formula is C21H16ClFN4O. The van der Waals surface area contributed by atoms with Gasteiger partial charge in [0, 0.05) is 22.5 Å². The number of hydrogen-bond donors (Lipinski definition) is 1. The Kier molecular flexibility index (Phi) is 4.57. The fourth-order valence-corrected chi connectivity index (χ4v) is 3.24. The largest absolute Gasteiger partial charge is 0.322 e. The molecule has 7 heteroatoms. The van der Waals surface area contributed by atoms with E-state index in [2.05, 4.69) is 15.4 Å². The van der Waals surface area contributed by atoms with Crippen LogP contribution in [0.25, 0.3) is 16.8 Å². The SMILES string of the molecule is Cc1nn2c(C)c(C(=O)Nc3ccc(Cl)cc3)cnc2c1-c1ccc(F)cc1. The van der Waals surface area contributed by atoms with Crippen molar-refractivity contribution >= 4 is 28.8 Å². The lowest BCUT2D eigenvalue weighted by Gasteiger charge is -2.09. The van der Waals surface area contributed by atoms with Crippen LogP contribution in [-0.4, -0.2) is 20.5 Å². The van der Waals surface area contributed by atoms with Gasteiger partial charge in [-0.05, 0) is 55.8 Å². The molecule has 5 nitrogen and oxygen atoms in total. The summed E-state index contributed by atoms with van der Waals surface area (Å²) in [5.74, 6) is -0.589. The van der Waals surface area contributed by atoms with Gasteiger partial charge in [0.2, 0.25) is 0 Å². The van der Waals surface area contributed by atoms with E-state index >= 15 is 0 Å². The van der Waals surface area contributed by atoms with Crippen molar-refractivity contribution in [3.8, 4) is 11.1 Å². The van der Waals surface area contributed by atoms with Crippen molar-refractivity contribution in [2.75, 3.05) is 5.32 Å². The molecule has 2 aromatic carbocycles. The van der Waals surface area contributed by atoms with Crippen LogP contribution in [0.2, 0.25) is 5.02 Å². The molecule has 0 saturated heterocycles. The number of aryl methyl sites for hydroxylation is 2. The zero-order valence-electron chi connectivity index (χ0n) is 15.2. The summed E-state index contributed by atoms with van der Waals surface area (Å²) in [7, 11) is 0. The molecule has 0 aliphatic rings. The van der Waals surface area contributed by atoms with Crippen molar-refractivity contribution in [1.82, 2.24) is 14.6 Å². The van der Waals surface area contributed by atoms with Gasteiger partial charge in [0.25, 0.3) is 5.91 Å². The third-order valence-corrected chi connectivity index (χ3v) is 4.79. The number of hydrogen-bond acceptors (Lipinski definition) is 3. The molecule has 4 rings (SSSR count). The standard InChI is InChI=1S/C21H16ClFN4O/c1-12-19(14-3-7-16(23)8-4-14)20-24-11-18(13(2)27(20)26-12)21(28)25-17-9-5-15(22)6-10-17/h3-11H,1-2H3,(H,25,28). The van der Waals surface area contributed by atoms with Crippen LogP contribution in [0.3, 0.4) is 0 Å². The number of carbonyl (C=O) groups excluding carboxylic acids is 1. The van der Waals surface area contributed by atoms with Crippen molar-refractivity contribution < 1.29 is 9.18 Å². The molecular weight excluding hydrogens is 379 g/mol. The van der Waals surface area contributed by atoms with E-state index in [1.165, 1.54) is 18.3 Å². The molecule has 0 bridgehead atoms. The van der Waals surface area contributed by atoms with E-state index in [-0.39, 0.29) is 11.7 Å². The highest BCUT2D eigenvalue weighted by molar-refractivity contribution is 6.30. The Morgan fingerprint density at radius 2 is 1.75 bits per heavy atom. The first-order valence-corrected chi connectivity index (χ1v) is 8.99. The van der Waals surface area contributed by atoms with E-state index in [0.717, 1.165) is 16.8 Å². The first-order valence-electron chi connectivity index (χ1n) is 8.62. The van der Waals surface area contributed by atoms with E-state index in [4.69, 9.17) is 11.6 Å². The van der Waals surface area contributed by atoms with Crippen LogP contribution >= 0.6 is 11.6 Å². The Labute approximate surface area is 165 Å². The number of amides is 1. The third-order valence-electron chi connectivity index (χ3n) is 4.54. The number of aromatic nitrogens is 3. The molecule has 28 heavy (non-hydrogen) atoms. The lowest BCUT2D eigenvalue weighted by molar-refractivity contribution is 0.102. The van der Waals surface area contributed by atoms with E-state index < -0.39 is 0 Å². The summed E-state index contributed by atoms with van der Waals surface area (Å²) in [6, 6.07) is 13.1. The van der Waals surface area contributed by atoms with Crippen LogP contribution in [0.1, 0.15) is 21.7 Å². The van der Waals surface area contributed by atoms with Crippen LogP contribution < -0.4 is 5.32 Å². The van der Waals surface area contributed by atoms with Gasteiger partial charge in [-0.25, -0.2) is 13.9 Å². The minimum Gasteiger partial charge on any atom is -0.322 e. The van der Waals surface area contributed by atoms with Crippen molar-refractivity contribution in [3.05, 3.63) is 82.5 Å². The average Bonchev–Trinajstić information content (AvgIpc) is 3.01. The molecule has 0 aliphatic carbocycles. The van der Waals surface area contributed by atoms with Crippen molar-refractivity contribution in [2.45, 2.75) is 13.8 Å². The van der Waals surface area contributed by atoms with Crippen molar-refractivity contribution in [2.24, 2.45) is 0 Å². The highest BCUT2D eigenvalue weighted by Crippen LogP contribution is 2.28. The van der Waals surface area contributed by atoms with E-state index in [9.17, 15) is 9.18 Å². The molecule has 4 aromatic rings. The van der Waals surface area contributed by atoms with Crippen LogP contribution in [-0.2, 0) is 0 Å². The van der Waals surface area contributed by atoms with Crippen LogP contribution in [0.15, 0.2) is 54.7 Å². The second kappa shape index (κ2) is 7.05. The molecule has 0 aliphatic heterocycles. The number of carbonyl (C=O) groups is 1. The number of halogens is 2. The number of benzene rings is 2. The summed E-state index contributed by atoms with van der Waals surface area (Å²) >= 11 is 5.88. The van der Waals surface area contributed by atoms with Gasteiger partial charge in [-0.3, -0.25) is 4.79 Å². The lowest BCUT2D eigenvalue weighted by Crippen LogP contribution is -2.16. The summed E-state index contributed by atoms with van der Waals surface area (Å²) in [6.45, 7) is 3.67. The average molecular weight is 395 g/mol. The van der Waals surface area contributed by atoms with Gasteiger partial charge in [0.05, 0.1) is 17.0 Å². The van der Waals surface area contributed by atoms with Gasteiger partial charge in [-0.1, -0.05) is 23.7 Å². The van der Waals surface area contributed by atoms with E-state index in [0.29, 0.717) is 27.6 Å². The minimum absolute atomic E-state index is 0.286. The first-order chi connectivity index (χ1) is 13.4. The fraction of sp³-hybridized carbons (Fsp3) is 0.0952. The van der Waals surface area contributed by atoms with E-state index in [1.807, 2.05) is 13.8 Å². The molecule has 0 spiro atoms. The fourth-order valence-electron chi connectivity index (χ4n) is 3.11. The summed E-state index contributed by atoms with van der Waals surface area (Å²) in [4.78, 5) is 17.2.